The number of rotatable bonds is 6. The van der Waals surface area contributed by atoms with Crippen molar-refractivity contribution in [1.82, 2.24) is 8.61 Å². The van der Waals surface area contributed by atoms with Crippen molar-refractivity contribution in [2.75, 3.05) is 33.0 Å². The molecule has 1 heterocycles. The first-order chi connectivity index (χ1) is 14.8. The van der Waals surface area contributed by atoms with Crippen molar-refractivity contribution < 1.29 is 26.7 Å². The van der Waals surface area contributed by atoms with Crippen LogP contribution in [0, 0.1) is 23.7 Å². The summed E-state index contributed by atoms with van der Waals surface area (Å²) in [6.45, 7) is 7.37. The molecule has 1 aliphatic rings. The van der Waals surface area contributed by atoms with Crippen LogP contribution >= 0.6 is 0 Å². The van der Waals surface area contributed by atoms with Gasteiger partial charge in [0.25, 0.3) is 0 Å². The molecule has 8 nitrogen and oxygen atoms in total. The zero-order chi connectivity index (χ0) is 24.3. The van der Waals surface area contributed by atoms with Gasteiger partial charge in [-0.05, 0) is 31.0 Å². The van der Waals surface area contributed by atoms with Gasteiger partial charge in [-0.2, -0.15) is 4.31 Å². The molecule has 0 amide bonds. The number of hydrogen-bond acceptors (Lipinski definition) is 6. The second-order valence-electron chi connectivity index (χ2n) is 8.84. The smallest absolute Gasteiger partial charge is 0.247 e. The fraction of sp³-hybridized carbons (Fsp3) is 0.636. The van der Waals surface area contributed by atoms with Gasteiger partial charge in [0.05, 0.1) is 19.4 Å². The Morgan fingerprint density at radius 3 is 2.53 bits per heavy atom. The molecule has 0 radical (unpaired) electrons. The minimum absolute atomic E-state index is 0.0221. The van der Waals surface area contributed by atoms with Gasteiger partial charge < -0.3 is 9.84 Å². The van der Waals surface area contributed by atoms with E-state index in [1.54, 1.807) is 19.1 Å². The summed E-state index contributed by atoms with van der Waals surface area (Å²) in [5.41, 5.74) is 0.616. The SMILES string of the molecule is CC(C)CC#Cc1ccc2c(c1)O[C@H](CN(C)S(C)(=O)=O)[C@H](C)CN([C@@H](C)CO)S2(=O)=O. The highest BCUT2D eigenvalue weighted by Crippen LogP contribution is 2.34. The molecule has 2 rings (SSSR count). The summed E-state index contributed by atoms with van der Waals surface area (Å²) < 4.78 is 59.4. The molecule has 0 saturated carbocycles. The fourth-order valence-electron chi connectivity index (χ4n) is 3.27. The van der Waals surface area contributed by atoms with Gasteiger partial charge in [-0.1, -0.05) is 32.6 Å². The number of benzene rings is 1. The minimum atomic E-state index is -3.95. The average Bonchev–Trinajstić information content (AvgIpc) is 2.68. The number of fused-ring (bicyclic) bond motifs is 1. The quantitative estimate of drug-likeness (QED) is 0.615. The van der Waals surface area contributed by atoms with E-state index in [1.807, 2.05) is 6.92 Å². The zero-order valence-corrected chi connectivity index (χ0v) is 21.2. The lowest BCUT2D eigenvalue weighted by molar-refractivity contribution is 0.0905. The Balaban J connectivity index is 2.59. The van der Waals surface area contributed by atoms with Crippen LogP contribution in [-0.4, -0.2) is 75.7 Å². The first-order valence-electron chi connectivity index (χ1n) is 10.6. The van der Waals surface area contributed by atoms with Gasteiger partial charge in [-0.3, -0.25) is 0 Å². The van der Waals surface area contributed by atoms with Gasteiger partial charge in [0, 0.05) is 37.5 Å². The summed E-state index contributed by atoms with van der Waals surface area (Å²) in [5, 5.41) is 9.68. The third-order valence-corrected chi connectivity index (χ3v) is 8.71. The van der Waals surface area contributed by atoms with Crippen LogP contribution in [0.4, 0.5) is 0 Å². The number of aliphatic hydroxyl groups excluding tert-OH is 1. The maximum absolute atomic E-state index is 13.4. The lowest BCUT2D eigenvalue weighted by Gasteiger charge is -2.37. The van der Waals surface area contributed by atoms with Crippen LogP contribution in [0.1, 0.15) is 39.7 Å². The van der Waals surface area contributed by atoms with Gasteiger partial charge in [-0.15, -0.1) is 0 Å². The highest BCUT2D eigenvalue weighted by Gasteiger charge is 2.38. The number of hydrogen-bond donors (Lipinski definition) is 1. The zero-order valence-electron chi connectivity index (χ0n) is 19.6. The molecule has 1 aliphatic heterocycles. The molecule has 0 spiro atoms. The van der Waals surface area contributed by atoms with Crippen LogP contribution in [0.15, 0.2) is 23.1 Å². The van der Waals surface area contributed by atoms with Crippen LogP contribution in [0.2, 0.25) is 0 Å². The van der Waals surface area contributed by atoms with Crippen LogP contribution in [-0.2, 0) is 20.0 Å². The van der Waals surface area contributed by atoms with Gasteiger partial charge in [0.2, 0.25) is 20.0 Å². The summed E-state index contributed by atoms with van der Waals surface area (Å²) in [6.07, 6.45) is 1.22. The number of nitrogens with zero attached hydrogens (tertiary/aromatic N) is 2. The van der Waals surface area contributed by atoms with Crippen molar-refractivity contribution in [3.8, 4) is 17.6 Å². The third-order valence-electron chi connectivity index (χ3n) is 5.41. The molecule has 1 aromatic rings. The van der Waals surface area contributed by atoms with Gasteiger partial charge in [-0.25, -0.2) is 21.1 Å². The molecule has 0 aliphatic carbocycles. The van der Waals surface area contributed by atoms with Gasteiger partial charge in [0.1, 0.15) is 16.7 Å². The van der Waals surface area contributed by atoms with Crippen LogP contribution < -0.4 is 4.74 Å². The number of ether oxygens (including phenoxy) is 1. The Morgan fingerprint density at radius 2 is 1.97 bits per heavy atom. The van der Waals surface area contributed by atoms with Crippen molar-refractivity contribution in [2.24, 2.45) is 11.8 Å². The molecule has 10 heteroatoms. The summed E-state index contributed by atoms with van der Waals surface area (Å²) in [7, 11) is -5.94. The van der Waals surface area contributed by atoms with E-state index in [4.69, 9.17) is 4.74 Å². The molecule has 0 saturated heterocycles. The molecule has 3 atom stereocenters. The fourth-order valence-corrected chi connectivity index (χ4v) is 5.51. The summed E-state index contributed by atoms with van der Waals surface area (Å²) in [6, 6.07) is 4.05. The molecule has 0 aromatic heterocycles. The molecule has 0 bridgehead atoms. The molecular weight excluding hydrogens is 452 g/mol. The predicted molar refractivity (Wildman–Crippen MR) is 124 cm³/mol. The summed E-state index contributed by atoms with van der Waals surface area (Å²) >= 11 is 0. The second-order valence-corrected chi connectivity index (χ2v) is 12.8. The molecule has 180 valence electrons. The van der Waals surface area contributed by atoms with E-state index < -0.39 is 32.2 Å². The Morgan fingerprint density at radius 1 is 1.31 bits per heavy atom. The maximum atomic E-state index is 13.4. The normalized spacial score (nSPS) is 22.3. The standard InChI is InChI=1S/C22H34N2O6S2/c1-16(2)8-7-9-19-10-11-22-20(12-19)30-21(14-23(5)31(6,26)27)17(3)13-24(18(4)15-25)32(22,28)29/h10-12,16-18,21,25H,8,13-15H2,1-6H3/t17-,18+,21-/m1/s1. The van der Waals surface area contributed by atoms with Gasteiger partial charge >= 0.3 is 0 Å². The number of sulfonamides is 2. The molecule has 1 aromatic carbocycles. The maximum Gasteiger partial charge on any atom is 0.247 e. The van der Waals surface area contributed by atoms with E-state index in [-0.39, 0.29) is 36.3 Å². The van der Waals surface area contributed by atoms with E-state index in [9.17, 15) is 21.9 Å². The molecule has 32 heavy (non-hydrogen) atoms. The largest absolute Gasteiger partial charge is 0.487 e. The topological polar surface area (TPSA) is 104 Å². The van der Waals surface area contributed by atoms with Crippen LogP contribution in [0.5, 0.6) is 5.75 Å². The summed E-state index contributed by atoms with van der Waals surface area (Å²) in [4.78, 5) is -0.0221. The van der Waals surface area contributed by atoms with Crippen molar-refractivity contribution in [1.29, 1.82) is 0 Å². The van der Waals surface area contributed by atoms with Crippen molar-refractivity contribution in [3.63, 3.8) is 0 Å². The first-order valence-corrected chi connectivity index (χ1v) is 13.9. The minimum Gasteiger partial charge on any atom is -0.487 e. The van der Waals surface area contributed by atoms with Crippen LogP contribution in [0.3, 0.4) is 0 Å². The second kappa shape index (κ2) is 10.5. The highest BCUT2D eigenvalue weighted by molar-refractivity contribution is 7.89. The Kier molecular flexibility index (Phi) is 8.76. The van der Waals surface area contributed by atoms with Crippen molar-refractivity contribution >= 4 is 20.0 Å². The van der Waals surface area contributed by atoms with E-state index in [0.29, 0.717) is 17.9 Å². The number of aliphatic hydroxyl groups is 1. The lowest BCUT2D eigenvalue weighted by atomic mass is 10.0. The highest BCUT2D eigenvalue weighted by atomic mass is 32.2. The van der Waals surface area contributed by atoms with Crippen molar-refractivity contribution in [3.05, 3.63) is 23.8 Å². The van der Waals surface area contributed by atoms with E-state index >= 15 is 0 Å². The third kappa shape index (κ3) is 6.45. The Bertz CT molecular complexity index is 1070. The van der Waals surface area contributed by atoms with Gasteiger partial charge in [0.15, 0.2) is 0 Å². The molecular formula is C22H34N2O6S2. The number of likely N-dealkylation sites (N-methyl/N-ethyl adjacent to an activating group) is 1. The van der Waals surface area contributed by atoms with E-state index in [2.05, 4.69) is 25.7 Å². The monoisotopic (exact) mass is 486 g/mol. The van der Waals surface area contributed by atoms with Crippen molar-refractivity contribution in [2.45, 2.75) is 51.2 Å². The Labute approximate surface area is 192 Å². The lowest BCUT2D eigenvalue weighted by Crippen LogP contribution is -2.50. The van der Waals surface area contributed by atoms with Crippen LogP contribution in [0.25, 0.3) is 0 Å². The Hall–Kier alpha value is -1.64. The average molecular weight is 487 g/mol. The predicted octanol–water partition coefficient (Wildman–Crippen LogP) is 1.74. The summed E-state index contributed by atoms with van der Waals surface area (Å²) in [5.74, 6) is 6.32. The van der Waals surface area contributed by atoms with E-state index in [1.165, 1.54) is 21.7 Å². The molecule has 1 N–H and O–H groups in total. The molecule has 0 unspecified atom stereocenters. The first kappa shape index (κ1) is 26.6. The molecule has 0 fully saturated rings. The van der Waals surface area contributed by atoms with E-state index in [0.717, 1.165) is 6.26 Å².